The number of carbonyl (C=O) groups excluding carboxylic acids is 2. The van der Waals surface area contributed by atoms with Crippen LogP contribution >= 0.6 is 23.4 Å². The van der Waals surface area contributed by atoms with Crippen LogP contribution in [-0.2, 0) is 4.79 Å². The number of pyridine rings is 2. The first-order chi connectivity index (χ1) is 18.9. The number of urea groups is 1. The number of anilines is 1. The Morgan fingerprint density at radius 2 is 1.85 bits per heavy atom. The Morgan fingerprint density at radius 1 is 1.00 bits per heavy atom. The number of imide groups is 1. The number of carbonyl (C=O) groups is 2. The van der Waals surface area contributed by atoms with Crippen LogP contribution in [0.4, 0.5) is 10.5 Å². The summed E-state index contributed by atoms with van der Waals surface area (Å²) in [6.45, 7) is 4.08. The third-order valence-corrected chi connectivity index (χ3v) is 9.09. The molecule has 0 bridgehead atoms. The van der Waals surface area contributed by atoms with Gasteiger partial charge in [-0.1, -0.05) is 48.0 Å². The van der Waals surface area contributed by atoms with E-state index < -0.39 is 17.3 Å². The molecule has 1 fully saturated rings. The number of hydrogen-bond donors (Lipinski definition) is 1. The molecule has 10 heteroatoms. The molecular formula is C29H21ClN6O2S. The van der Waals surface area contributed by atoms with Crippen molar-refractivity contribution < 1.29 is 9.59 Å². The molecule has 5 aromatic rings. The first-order valence-corrected chi connectivity index (χ1v) is 13.6. The van der Waals surface area contributed by atoms with E-state index in [4.69, 9.17) is 11.6 Å². The van der Waals surface area contributed by atoms with Crippen molar-refractivity contribution in [2.75, 3.05) is 4.90 Å². The van der Waals surface area contributed by atoms with E-state index in [-0.39, 0.29) is 5.91 Å². The molecule has 8 nitrogen and oxygen atoms in total. The quantitative estimate of drug-likeness (QED) is 0.304. The van der Waals surface area contributed by atoms with Gasteiger partial charge in [0.1, 0.15) is 11.6 Å². The fourth-order valence-electron chi connectivity index (χ4n) is 5.38. The van der Waals surface area contributed by atoms with E-state index in [1.54, 1.807) is 16.9 Å². The summed E-state index contributed by atoms with van der Waals surface area (Å²) in [6.07, 6.45) is 8.71. The van der Waals surface area contributed by atoms with Gasteiger partial charge in [-0.15, -0.1) is 11.8 Å². The number of aryl methyl sites for hydroxylation is 1. The van der Waals surface area contributed by atoms with Gasteiger partial charge in [-0.25, -0.2) is 19.2 Å². The Balaban J connectivity index is 1.29. The average molecular weight is 553 g/mol. The van der Waals surface area contributed by atoms with Gasteiger partial charge in [0.05, 0.1) is 17.9 Å². The van der Waals surface area contributed by atoms with E-state index in [2.05, 4.69) is 27.3 Å². The molecule has 7 rings (SSSR count). The lowest BCUT2D eigenvalue weighted by molar-refractivity contribution is -0.118. The zero-order valence-electron chi connectivity index (χ0n) is 20.9. The molecular weight excluding hydrogens is 532 g/mol. The number of rotatable bonds is 3. The standard InChI is InChI=1S/C29H21ClN6O2S/c1-15-16(2)27-32-14-33-35(27)13-20(15)19-8-5-9-21(30)25(19)24-10-22-26(39-24)28(37)36(29(38)34-22)23-12-31-11-17-6-3-4-7-18(17)23/h3-14,22,26H,1-2H3,(H,34,38). The second-order valence-corrected chi connectivity index (χ2v) is 11.2. The lowest BCUT2D eigenvalue weighted by atomic mass is 9.94. The van der Waals surface area contributed by atoms with Crippen LogP contribution in [-0.4, -0.2) is 42.8 Å². The highest BCUT2D eigenvalue weighted by Crippen LogP contribution is 2.48. The lowest BCUT2D eigenvalue weighted by Crippen LogP contribution is -2.60. The minimum atomic E-state index is -0.540. The molecule has 2 aliphatic rings. The molecule has 2 atom stereocenters. The zero-order valence-corrected chi connectivity index (χ0v) is 22.5. The normalized spacial score (nSPS) is 18.9. The summed E-state index contributed by atoms with van der Waals surface area (Å²) >= 11 is 8.24. The molecule has 3 aromatic heterocycles. The fourth-order valence-corrected chi connectivity index (χ4v) is 7.05. The van der Waals surface area contributed by atoms with Crippen molar-refractivity contribution in [3.63, 3.8) is 0 Å². The van der Waals surface area contributed by atoms with Crippen molar-refractivity contribution in [2.45, 2.75) is 25.1 Å². The molecule has 2 aromatic carbocycles. The van der Waals surface area contributed by atoms with Gasteiger partial charge in [0.15, 0.2) is 5.65 Å². The number of amides is 3. The molecule has 2 unspecified atom stereocenters. The molecule has 0 radical (unpaired) electrons. The van der Waals surface area contributed by atoms with E-state index in [0.29, 0.717) is 10.7 Å². The predicted molar refractivity (Wildman–Crippen MR) is 154 cm³/mol. The van der Waals surface area contributed by atoms with Crippen LogP contribution in [0.15, 0.2) is 73.5 Å². The molecule has 5 heterocycles. The number of aromatic nitrogens is 4. The van der Waals surface area contributed by atoms with Crippen molar-refractivity contribution in [1.29, 1.82) is 0 Å². The Labute approximate surface area is 232 Å². The third kappa shape index (κ3) is 3.65. The van der Waals surface area contributed by atoms with Crippen molar-refractivity contribution in [3.05, 3.63) is 95.2 Å². The maximum atomic E-state index is 13.8. The summed E-state index contributed by atoms with van der Waals surface area (Å²) in [5.74, 6) is -0.289. The van der Waals surface area contributed by atoms with E-state index >= 15 is 0 Å². The van der Waals surface area contributed by atoms with Crippen LogP contribution in [0.1, 0.15) is 16.7 Å². The van der Waals surface area contributed by atoms with Crippen molar-refractivity contribution in [3.8, 4) is 11.1 Å². The van der Waals surface area contributed by atoms with Gasteiger partial charge in [0.2, 0.25) is 0 Å². The molecule has 0 saturated carbocycles. The van der Waals surface area contributed by atoms with E-state index in [9.17, 15) is 9.59 Å². The summed E-state index contributed by atoms with van der Waals surface area (Å²) < 4.78 is 1.76. The van der Waals surface area contributed by atoms with E-state index in [1.165, 1.54) is 23.0 Å². The Kier molecular flexibility index (Phi) is 5.47. The Hall–Kier alpha value is -4.21. The van der Waals surface area contributed by atoms with Crippen LogP contribution in [0.5, 0.6) is 0 Å². The van der Waals surface area contributed by atoms with Crippen molar-refractivity contribution >= 4 is 62.3 Å². The van der Waals surface area contributed by atoms with Gasteiger partial charge < -0.3 is 5.32 Å². The minimum absolute atomic E-state index is 0.289. The molecule has 3 amide bonds. The van der Waals surface area contributed by atoms with Crippen molar-refractivity contribution in [1.82, 2.24) is 24.9 Å². The van der Waals surface area contributed by atoms with E-state index in [0.717, 1.165) is 49.1 Å². The first kappa shape index (κ1) is 23.9. The maximum Gasteiger partial charge on any atom is 0.329 e. The minimum Gasteiger partial charge on any atom is -0.329 e. The summed E-state index contributed by atoms with van der Waals surface area (Å²) in [4.78, 5) is 37.8. The summed E-state index contributed by atoms with van der Waals surface area (Å²) in [5.41, 5.74) is 6.08. The van der Waals surface area contributed by atoms with Gasteiger partial charge in [-0.05, 0) is 42.7 Å². The monoisotopic (exact) mass is 552 g/mol. The third-order valence-electron chi connectivity index (χ3n) is 7.43. The maximum absolute atomic E-state index is 13.8. The molecule has 1 N–H and O–H groups in total. The molecule has 2 aliphatic heterocycles. The predicted octanol–water partition coefficient (Wildman–Crippen LogP) is 5.80. The first-order valence-electron chi connectivity index (χ1n) is 12.4. The smallest absolute Gasteiger partial charge is 0.329 e. The highest BCUT2D eigenvalue weighted by molar-refractivity contribution is 8.09. The van der Waals surface area contributed by atoms with E-state index in [1.807, 2.05) is 61.7 Å². The number of thioether (sulfide) groups is 1. The number of hydrogen-bond acceptors (Lipinski definition) is 6. The topological polar surface area (TPSA) is 92.5 Å². The Morgan fingerprint density at radius 3 is 2.72 bits per heavy atom. The fraction of sp³-hybridized carbons (Fsp3) is 0.138. The van der Waals surface area contributed by atoms with Crippen LogP contribution < -0.4 is 10.2 Å². The Bertz CT molecular complexity index is 1880. The summed E-state index contributed by atoms with van der Waals surface area (Å²) in [6, 6.07) is 12.4. The SMILES string of the molecule is Cc1c(-c2cccc(Cl)c2C2=CC3NC(=O)N(c4cncc5ccccc45)C(=O)C3S2)cn2ncnc2c1C. The molecule has 1 saturated heterocycles. The summed E-state index contributed by atoms with van der Waals surface area (Å²) in [5, 5.41) is 9.02. The molecule has 0 spiro atoms. The number of halogens is 1. The summed E-state index contributed by atoms with van der Waals surface area (Å²) in [7, 11) is 0. The van der Waals surface area contributed by atoms with Crippen LogP contribution in [0, 0.1) is 13.8 Å². The molecule has 39 heavy (non-hydrogen) atoms. The second kappa shape index (κ2) is 8.93. The van der Waals surface area contributed by atoms with Gasteiger partial charge in [0, 0.05) is 44.2 Å². The highest BCUT2D eigenvalue weighted by atomic mass is 35.5. The van der Waals surface area contributed by atoms with Gasteiger partial charge >= 0.3 is 6.03 Å². The van der Waals surface area contributed by atoms with Gasteiger partial charge in [-0.2, -0.15) is 5.10 Å². The zero-order chi connectivity index (χ0) is 26.8. The number of benzene rings is 2. The number of fused-ring (bicyclic) bond motifs is 3. The van der Waals surface area contributed by atoms with Crippen LogP contribution in [0.25, 0.3) is 32.5 Å². The second-order valence-electron chi connectivity index (χ2n) is 9.58. The highest BCUT2D eigenvalue weighted by Gasteiger charge is 2.46. The van der Waals surface area contributed by atoms with Crippen LogP contribution in [0.3, 0.4) is 0 Å². The largest absolute Gasteiger partial charge is 0.329 e. The molecule has 0 aliphatic carbocycles. The van der Waals surface area contributed by atoms with Gasteiger partial charge in [-0.3, -0.25) is 9.78 Å². The molecule has 192 valence electrons. The number of nitrogens with one attached hydrogen (secondary N) is 1. The lowest BCUT2D eigenvalue weighted by Gasteiger charge is -2.33. The van der Waals surface area contributed by atoms with Gasteiger partial charge in [0.25, 0.3) is 5.91 Å². The number of nitrogens with zero attached hydrogens (tertiary/aromatic N) is 5. The average Bonchev–Trinajstić information content (AvgIpc) is 3.58. The van der Waals surface area contributed by atoms with Crippen molar-refractivity contribution in [2.24, 2.45) is 0 Å². The van der Waals surface area contributed by atoms with Crippen LogP contribution in [0.2, 0.25) is 5.02 Å².